The van der Waals surface area contributed by atoms with Crippen LogP contribution in [0, 0.1) is 11.3 Å². The molecule has 0 heteroatoms. The molecule has 58 valence electrons. The highest BCUT2D eigenvalue weighted by atomic mass is 14.3. The molecule has 10 heavy (non-hydrogen) atoms. The van der Waals surface area contributed by atoms with Gasteiger partial charge >= 0.3 is 0 Å². The number of allylic oxidation sites excluding steroid dienone is 2. The molecule has 0 saturated heterocycles. The van der Waals surface area contributed by atoms with Crippen LogP contribution in [0.1, 0.15) is 41.4 Å². The van der Waals surface area contributed by atoms with E-state index < -0.39 is 0 Å². The van der Waals surface area contributed by atoms with Crippen molar-refractivity contribution in [2.24, 2.45) is 11.3 Å². The van der Waals surface area contributed by atoms with E-state index in [2.05, 4.69) is 26.8 Å². The van der Waals surface area contributed by atoms with Gasteiger partial charge in [0.15, 0.2) is 0 Å². The van der Waals surface area contributed by atoms with Crippen LogP contribution in [0.5, 0.6) is 0 Å². The highest BCUT2D eigenvalue weighted by Gasteiger charge is 2.23. The van der Waals surface area contributed by atoms with Crippen LogP contribution in [0.4, 0.5) is 0 Å². The Labute approximate surface area is 65.7 Å². The molecule has 0 aromatic carbocycles. The molecule has 1 aliphatic rings. The zero-order valence-electron chi connectivity index (χ0n) is 8.28. The third kappa shape index (κ3) is 1.86. The molecule has 0 N–H and O–H groups in total. The molecule has 0 radical (unpaired) electrons. The lowest BCUT2D eigenvalue weighted by Gasteiger charge is -2.31. The van der Waals surface area contributed by atoms with Gasteiger partial charge in [-0.2, -0.15) is 0 Å². The van der Waals surface area contributed by atoms with Crippen LogP contribution in [0.25, 0.3) is 0 Å². The first-order valence-corrected chi connectivity index (χ1v) is 4.16. The monoisotopic (exact) mass is 139 g/mol. The number of hydrogen-bond donors (Lipinski definition) is 0. The molecule has 1 atom stereocenters. The van der Waals surface area contributed by atoms with E-state index in [0.29, 0.717) is 5.41 Å². The number of rotatable bonds is 0. The Morgan fingerprint density at radius 3 is 2.60 bits per heavy atom. The van der Waals surface area contributed by atoms with Crippen molar-refractivity contribution < 1.29 is 1.37 Å². The normalized spacial score (nSPS) is 29.3. The molecule has 0 bridgehead atoms. The summed E-state index contributed by atoms with van der Waals surface area (Å²) in [7, 11) is 0. The fraction of sp³-hybridized carbons (Fsp3) is 0.800. The first kappa shape index (κ1) is 6.45. The Morgan fingerprint density at radius 2 is 2.20 bits per heavy atom. The molecule has 1 aliphatic carbocycles. The van der Waals surface area contributed by atoms with E-state index in [0.717, 1.165) is 24.8 Å². The minimum absolute atomic E-state index is 0.428. The van der Waals surface area contributed by atoms with Crippen molar-refractivity contribution >= 4 is 0 Å². The lowest BCUT2D eigenvalue weighted by molar-refractivity contribution is 0.223. The highest BCUT2D eigenvalue weighted by Crippen LogP contribution is 2.34. The Kier molecular flexibility index (Phi) is 1.79. The fourth-order valence-electron chi connectivity index (χ4n) is 1.49. The van der Waals surface area contributed by atoms with Crippen molar-refractivity contribution in [1.82, 2.24) is 0 Å². The molecule has 0 aromatic heterocycles. The molecule has 0 amide bonds. The van der Waals surface area contributed by atoms with Crippen LogP contribution >= 0.6 is 0 Å². The molecule has 0 aliphatic heterocycles. The molecule has 0 nitrogen and oxygen atoms in total. The van der Waals surface area contributed by atoms with Crippen LogP contribution in [-0.4, -0.2) is 0 Å². The quantitative estimate of drug-likeness (QED) is 0.451. The minimum Gasteiger partial charge on any atom is -0.0885 e. The van der Waals surface area contributed by atoms with Crippen LogP contribution in [0.15, 0.2) is 12.1 Å². The lowest BCUT2D eigenvalue weighted by Crippen LogP contribution is -2.20. The summed E-state index contributed by atoms with van der Waals surface area (Å²) in [6.07, 6.45) is 5.39. The van der Waals surface area contributed by atoms with E-state index in [-0.39, 0.29) is 0 Å². The van der Waals surface area contributed by atoms with Crippen molar-refractivity contribution in [3.8, 4) is 0 Å². The van der Waals surface area contributed by atoms with Gasteiger partial charge < -0.3 is 0 Å². The van der Waals surface area contributed by atoms with Gasteiger partial charge in [-0.05, 0) is 30.6 Å². The van der Waals surface area contributed by atoms with E-state index in [1.54, 1.807) is 0 Å². The molecule has 0 aromatic rings. The number of hydrogen-bond acceptors (Lipinski definition) is 0. The van der Waals surface area contributed by atoms with Gasteiger partial charge in [-0.3, -0.25) is 0 Å². The zero-order valence-corrected chi connectivity index (χ0v) is 7.28. The van der Waals surface area contributed by atoms with Crippen molar-refractivity contribution in [2.75, 3.05) is 0 Å². The van der Waals surface area contributed by atoms with Gasteiger partial charge in [0.25, 0.3) is 0 Å². The van der Waals surface area contributed by atoms with Gasteiger partial charge in [0.2, 0.25) is 0 Å². The van der Waals surface area contributed by atoms with Crippen molar-refractivity contribution in [1.29, 1.82) is 0 Å². The fourth-order valence-corrected chi connectivity index (χ4v) is 1.49. The maximum absolute atomic E-state index is 7.43. The minimum atomic E-state index is 0.428. The summed E-state index contributed by atoms with van der Waals surface area (Å²) in [4.78, 5) is 0. The van der Waals surface area contributed by atoms with E-state index in [1.165, 1.54) is 6.42 Å². The third-order valence-electron chi connectivity index (χ3n) is 2.41. The third-order valence-corrected chi connectivity index (χ3v) is 2.41. The molecule has 0 fully saturated rings. The van der Waals surface area contributed by atoms with E-state index in [9.17, 15) is 0 Å². The van der Waals surface area contributed by atoms with E-state index in [1.807, 2.05) is 0 Å². The summed E-state index contributed by atoms with van der Waals surface area (Å²) in [5.41, 5.74) is 0.428. The maximum Gasteiger partial charge on any atom is 0.0572 e. The van der Waals surface area contributed by atoms with Crippen LogP contribution in [0.2, 0.25) is 0 Å². The topological polar surface area (TPSA) is 0 Å². The second kappa shape index (κ2) is 2.77. The second-order valence-electron chi connectivity index (χ2n) is 4.25. The summed E-state index contributed by atoms with van der Waals surface area (Å²) in [6, 6.07) is 0.838. The Balaban J connectivity index is 2.54. The first-order valence-electron chi connectivity index (χ1n) is 4.66. The SMILES string of the molecule is [2H]C1=CCC(C(C)(C)C)CC1. The predicted molar refractivity (Wildman–Crippen MR) is 45.9 cm³/mol. The molecular formula is C10H18. The van der Waals surface area contributed by atoms with Crippen molar-refractivity contribution in [3.63, 3.8) is 0 Å². The average Bonchev–Trinajstić information content (AvgIpc) is 1.86. The van der Waals surface area contributed by atoms with Gasteiger partial charge in [0.1, 0.15) is 0 Å². The van der Waals surface area contributed by atoms with Gasteiger partial charge in [0.05, 0.1) is 1.37 Å². The summed E-state index contributed by atoms with van der Waals surface area (Å²) < 4.78 is 7.43. The van der Waals surface area contributed by atoms with Gasteiger partial charge in [-0.25, -0.2) is 0 Å². The summed E-state index contributed by atoms with van der Waals surface area (Å²) in [5.74, 6) is 0.789. The standard InChI is InChI=1S/C10H18/c1-10(2,3)9-7-5-4-6-8-9/h4-5,9H,6-8H2,1-3H3/i4D. The Hall–Kier alpha value is -0.260. The molecule has 0 heterocycles. The smallest absolute Gasteiger partial charge is 0.0572 e. The molecule has 1 unspecified atom stereocenters. The zero-order chi connectivity index (χ0) is 8.48. The Morgan fingerprint density at radius 1 is 1.50 bits per heavy atom. The second-order valence-corrected chi connectivity index (χ2v) is 4.25. The molecule has 1 rings (SSSR count). The summed E-state index contributed by atoms with van der Waals surface area (Å²) in [5, 5.41) is 0. The average molecular weight is 139 g/mol. The van der Waals surface area contributed by atoms with Gasteiger partial charge in [-0.1, -0.05) is 32.9 Å². The van der Waals surface area contributed by atoms with Gasteiger partial charge in [0, 0.05) is 0 Å². The first-order chi connectivity index (χ1) is 5.00. The van der Waals surface area contributed by atoms with Crippen molar-refractivity contribution in [2.45, 2.75) is 40.0 Å². The highest BCUT2D eigenvalue weighted by molar-refractivity contribution is 4.93. The predicted octanol–water partition coefficient (Wildman–Crippen LogP) is 3.39. The summed E-state index contributed by atoms with van der Waals surface area (Å²) >= 11 is 0. The molecule has 0 spiro atoms. The maximum atomic E-state index is 7.43. The summed E-state index contributed by atoms with van der Waals surface area (Å²) in [6.45, 7) is 6.88. The van der Waals surface area contributed by atoms with Crippen LogP contribution < -0.4 is 0 Å². The van der Waals surface area contributed by atoms with Crippen LogP contribution in [0.3, 0.4) is 0 Å². The van der Waals surface area contributed by atoms with E-state index in [4.69, 9.17) is 1.37 Å². The van der Waals surface area contributed by atoms with Gasteiger partial charge in [-0.15, -0.1) is 0 Å². The Bertz CT molecular complexity index is 162. The van der Waals surface area contributed by atoms with Crippen molar-refractivity contribution in [3.05, 3.63) is 12.1 Å². The van der Waals surface area contributed by atoms with Crippen LogP contribution in [-0.2, 0) is 0 Å². The largest absolute Gasteiger partial charge is 0.0885 e. The lowest BCUT2D eigenvalue weighted by atomic mass is 9.74. The molecular weight excluding hydrogens is 120 g/mol. The molecule has 0 saturated carbocycles. The van der Waals surface area contributed by atoms with E-state index >= 15 is 0 Å².